The number of methoxy groups -OCH3 is 1. The number of aryl methyl sites for hydroxylation is 1. The summed E-state index contributed by atoms with van der Waals surface area (Å²) in [5.74, 6) is -0.462. The number of piperazine rings is 1. The van der Waals surface area contributed by atoms with E-state index in [0.29, 0.717) is 12.2 Å². The molecule has 2 N–H and O–H groups in total. The van der Waals surface area contributed by atoms with Gasteiger partial charge in [0.05, 0.1) is 25.4 Å². The Morgan fingerprint density at radius 1 is 1.26 bits per heavy atom. The minimum absolute atomic E-state index is 0. The molecule has 0 aliphatic carbocycles. The summed E-state index contributed by atoms with van der Waals surface area (Å²) in [7, 11) is 2.91. The molecule has 3 heterocycles. The van der Waals surface area contributed by atoms with E-state index in [1.54, 1.807) is 18.0 Å². The number of ether oxygens (including phenoxy) is 1. The number of carbonyl (C=O) groups is 2. The Kier molecular flexibility index (Phi) is 7.34. The first-order valence-electron chi connectivity index (χ1n) is 8.87. The molecule has 1 aromatic heterocycles. The van der Waals surface area contributed by atoms with Gasteiger partial charge >= 0.3 is 5.97 Å². The lowest BCUT2D eigenvalue weighted by Gasteiger charge is -2.43. The normalized spacial score (nSPS) is 22.1. The van der Waals surface area contributed by atoms with Gasteiger partial charge in [-0.25, -0.2) is 9.48 Å². The SMILES string of the molecule is COC(=O)C1CNCC(=O)N1C(c1ccc(=O)n(C)n1)C1CCNCC1.Cl. The number of piperidine rings is 1. The zero-order valence-corrected chi connectivity index (χ0v) is 16.3. The number of carbonyl (C=O) groups excluding carboxylic acids is 2. The third-order valence-corrected chi connectivity index (χ3v) is 5.13. The highest BCUT2D eigenvalue weighted by molar-refractivity contribution is 5.87. The summed E-state index contributed by atoms with van der Waals surface area (Å²) in [5.41, 5.74) is 0.414. The predicted molar refractivity (Wildman–Crippen MR) is 101 cm³/mol. The van der Waals surface area contributed by atoms with E-state index in [1.807, 2.05) is 0 Å². The van der Waals surface area contributed by atoms with Crippen LogP contribution in [-0.4, -0.2) is 65.9 Å². The third-order valence-electron chi connectivity index (χ3n) is 5.13. The zero-order chi connectivity index (χ0) is 18.7. The van der Waals surface area contributed by atoms with E-state index >= 15 is 0 Å². The van der Waals surface area contributed by atoms with Crippen molar-refractivity contribution in [2.45, 2.75) is 24.9 Å². The van der Waals surface area contributed by atoms with Gasteiger partial charge in [0.25, 0.3) is 5.56 Å². The molecule has 10 heteroatoms. The van der Waals surface area contributed by atoms with E-state index in [2.05, 4.69) is 15.7 Å². The Morgan fingerprint density at radius 3 is 2.59 bits per heavy atom. The van der Waals surface area contributed by atoms with Crippen LogP contribution in [0.4, 0.5) is 0 Å². The van der Waals surface area contributed by atoms with Crippen molar-refractivity contribution >= 4 is 24.3 Å². The number of hydrogen-bond acceptors (Lipinski definition) is 7. The molecule has 0 bridgehead atoms. The highest BCUT2D eigenvalue weighted by atomic mass is 35.5. The molecule has 1 amide bonds. The highest BCUT2D eigenvalue weighted by Gasteiger charge is 2.43. The Morgan fingerprint density at radius 2 is 1.96 bits per heavy atom. The van der Waals surface area contributed by atoms with Crippen molar-refractivity contribution in [2.24, 2.45) is 13.0 Å². The fourth-order valence-electron chi connectivity index (χ4n) is 3.81. The van der Waals surface area contributed by atoms with E-state index in [0.717, 1.165) is 25.9 Å². The molecule has 2 unspecified atom stereocenters. The fraction of sp³-hybridized carbons (Fsp3) is 0.647. The summed E-state index contributed by atoms with van der Waals surface area (Å²) in [6.45, 7) is 2.19. The first-order chi connectivity index (χ1) is 12.5. The van der Waals surface area contributed by atoms with Crippen molar-refractivity contribution in [3.63, 3.8) is 0 Å². The monoisotopic (exact) mass is 399 g/mol. The van der Waals surface area contributed by atoms with Crippen LogP contribution in [0.15, 0.2) is 16.9 Å². The maximum Gasteiger partial charge on any atom is 0.329 e. The number of nitrogens with zero attached hydrogens (tertiary/aromatic N) is 3. The number of amides is 1. The second kappa shape index (κ2) is 9.29. The van der Waals surface area contributed by atoms with Crippen molar-refractivity contribution in [3.05, 3.63) is 28.2 Å². The Hall–Kier alpha value is -1.97. The minimum atomic E-state index is -0.708. The molecule has 0 radical (unpaired) electrons. The van der Waals surface area contributed by atoms with Gasteiger partial charge in [0.15, 0.2) is 0 Å². The van der Waals surface area contributed by atoms with Gasteiger partial charge in [-0.3, -0.25) is 9.59 Å². The van der Waals surface area contributed by atoms with Crippen LogP contribution >= 0.6 is 12.4 Å². The van der Waals surface area contributed by atoms with Gasteiger partial charge in [0, 0.05) is 19.7 Å². The number of esters is 1. The maximum absolute atomic E-state index is 12.8. The van der Waals surface area contributed by atoms with E-state index < -0.39 is 12.0 Å². The summed E-state index contributed by atoms with van der Waals surface area (Å²) in [6, 6.07) is 2.04. The van der Waals surface area contributed by atoms with Gasteiger partial charge in [-0.1, -0.05) is 0 Å². The Labute approximate surface area is 163 Å². The van der Waals surface area contributed by atoms with Crippen LogP contribution in [0.5, 0.6) is 0 Å². The number of halogens is 1. The zero-order valence-electron chi connectivity index (χ0n) is 15.5. The molecule has 0 saturated carbocycles. The molecule has 0 aromatic carbocycles. The molecule has 27 heavy (non-hydrogen) atoms. The van der Waals surface area contributed by atoms with Crippen molar-refractivity contribution < 1.29 is 14.3 Å². The summed E-state index contributed by atoms with van der Waals surface area (Å²) in [6.07, 6.45) is 1.72. The Balaban J connectivity index is 0.00000261. The van der Waals surface area contributed by atoms with Gasteiger partial charge in [0.2, 0.25) is 5.91 Å². The van der Waals surface area contributed by atoms with Crippen LogP contribution in [0.3, 0.4) is 0 Å². The summed E-state index contributed by atoms with van der Waals surface area (Å²) >= 11 is 0. The van der Waals surface area contributed by atoms with Gasteiger partial charge < -0.3 is 20.3 Å². The van der Waals surface area contributed by atoms with Gasteiger partial charge in [0.1, 0.15) is 6.04 Å². The van der Waals surface area contributed by atoms with Crippen LogP contribution in [0.1, 0.15) is 24.6 Å². The van der Waals surface area contributed by atoms with E-state index in [9.17, 15) is 14.4 Å². The van der Waals surface area contributed by atoms with Crippen molar-refractivity contribution in [1.82, 2.24) is 25.3 Å². The number of hydrogen-bond donors (Lipinski definition) is 2. The van der Waals surface area contributed by atoms with Crippen LogP contribution in [0, 0.1) is 5.92 Å². The minimum Gasteiger partial charge on any atom is -0.467 e. The molecule has 1 aromatic rings. The third kappa shape index (κ3) is 4.48. The molecule has 2 aliphatic heterocycles. The fourth-order valence-corrected chi connectivity index (χ4v) is 3.81. The van der Waals surface area contributed by atoms with Crippen molar-refractivity contribution in [2.75, 3.05) is 33.3 Å². The van der Waals surface area contributed by atoms with Crippen LogP contribution < -0.4 is 16.2 Å². The smallest absolute Gasteiger partial charge is 0.329 e. The molecule has 2 atom stereocenters. The molecule has 3 rings (SSSR count). The van der Waals surface area contributed by atoms with E-state index in [4.69, 9.17) is 4.74 Å². The van der Waals surface area contributed by atoms with E-state index in [1.165, 1.54) is 17.9 Å². The highest BCUT2D eigenvalue weighted by Crippen LogP contribution is 2.35. The number of nitrogens with one attached hydrogen (secondary N) is 2. The lowest BCUT2D eigenvalue weighted by atomic mass is 9.85. The molecule has 150 valence electrons. The molecule has 2 saturated heterocycles. The van der Waals surface area contributed by atoms with Crippen molar-refractivity contribution in [1.29, 1.82) is 0 Å². The summed E-state index contributed by atoms with van der Waals surface area (Å²) in [4.78, 5) is 38.5. The predicted octanol–water partition coefficient (Wildman–Crippen LogP) is -0.784. The van der Waals surface area contributed by atoms with Crippen LogP contribution in [0.25, 0.3) is 0 Å². The Bertz CT molecular complexity index is 734. The topological polar surface area (TPSA) is 106 Å². The largest absolute Gasteiger partial charge is 0.467 e. The second-order valence-corrected chi connectivity index (χ2v) is 6.72. The molecule has 2 aliphatic rings. The average Bonchev–Trinajstić information content (AvgIpc) is 2.66. The standard InChI is InChI=1S/C17H25N5O4.ClH/c1-21-14(23)4-3-12(20-21)16(11-5-7-18-8-6-11)22-13(17(25)26-2)9-19-10-15(22)24;/h3-4,11,13,16,18-19H,5-10H2,1-2H3;1H. The molecule has 0 spiro atoms. The van der Waals surface area contributed by atoms with Gasteiger partial charge in [-0.2, -0.15) is 5.10 Å². The average molecular weight is 400 g/mol. The summed E-state index contributed by atoms with van der Waals surface area (Å²) < 4.78 is 6.19. The molecule has 2 fully saturated rings. The van der Waals surface area contributed by atoms with Crippen LogP contribution in [-0.2, 0) is 21.4 Å². The molecular weight excluding hydrogens is 374 g/mol. The number of aromatic nitrogens is 2. The molecular formula is C17H26ClN5O4. The van der Waals surface area contributed by atoms with Gasteiger partial charge in [-0.05, 0) is 37.9 Å². The quantitative estimate of drug-likeness (QED) is 0.639. The lowest BCUT2D eigenvalue weighted by molar-refractivity contribution is -0.158. The van der Waals surface area contributed by atoms with Gasteiger partial charge in [-0.15, -0.1) is 12.4 Å². The maximum atomic E-state index is 12.8. The molecule has 9 nitrogen and oxygen atoms in total. The summed E-state index contributed by atoms with van der Waals surface area (Å²) in [5, 5.41) is 10.7. The first kappa shape index (κ1) is 21.3. The van der Waals surface area contributed by atoms with Crippen molar-refractivity contribution in [3.8, 4) is 0 Å². The van der Waals surface area contributed by atoms with E-state index in [-0.39, 0.29) is 42.4 Å². The van der Waals surface area contributed by atoms with Crippen LogP contribution in [0.2, 0.25) is 0 Å². The first-order valence-corrected chi connectivity index (χ1v) is 8.87. The lowest BCUT2D eigenvalue weighted by Crippen LogP contribution is -2.60. The second-order valence-electron chi connectivity index (χ2n) is 6.72. The number of rotatable bonds is 4.